The van der Waals surface area contributed by atoms with Crippen LogP contribution in [0.25, 0.3) is 17.0 Å². The lowest BCUT2D eigenvalue weighted by Gasteiger charge is -1.96. The number of ether oxygens (including phenoxy) is 1. The van der Waals surface area contributed by atoms with Gasteiger partial charge in [0.1, 0.15) is 5.03 Å². The van der Waals surface area contributed by atoms with E-state index in [1.807, 2.05) is 24.3 Å². The minimum absolute atomic E-state index is 0.0623. The van der Waals surface area contributed by atoms with Crippen molar-refractivity contribution in [3.8, 4) is 0 Å². The standard InChI is InChI=1S/C12H10ClNO2/c1-16-12(15)10(13)6-8-7-14-11-5-3-2-4-9(8)11/h2-7,14H,1H3/b10-6-. The molecule has 3 nitrogen and oxygen atoms in total. The van der Waals surface area contributed by atoms with E-state index >= 15 is 0 Å². The summed E-state index contributed by atoms with van der Waals surface area (Å²) in [6.07, 6.45) is 3.39. The van der Waals surface area contributed by atoms with Gasteiger partial charge in [0, 0.05) is 22.7 Å². The summed E-state index contributed by atoms with van der Waals surface area (Å²) in [7, 11) is 1.30. The molecule has 0 radical (unpaired) electrons. The first-order valence-electron chi connectivity index (χ1n) is 4.74. The fraction of sp³-hybridized carbons (Fsp3) is 0.0833. The van der Waals surface area contributed by atoms with Gasteiger partial charge in [-0.25, -0.2) is 4.79 Å². The van der Waals surface area contributed by atoms with E-state index in [4.69, 9.17) is 11.6 Å². The molecule has 2 aromatic rings. The molecule has 0 amide bonds. The number of esters is 1. The van der Waals surface area contributed by atoms with Gasteiger partial charge < -0.3 is 9.72 Å². The average Bonchev–Trinajstić information content (AvgIpc) is 2.72. The first-order valence-corrected chi connectivity index (χ1v) is 5.12. The number of nitrogens with one attached hydrogen (secondary N) is 1. The van der Waals surface area contributed by atoms with E-state index in [1.165, 1.54) is 7.11 Å². The van der Waals surface area contributed by atoms with Gasteiger partial charge in [0.2, 0.25) is 0 Å². The normalized spacial score (nSPS) is 11.8. The van der Waals surface area contributed by atoms with Gasteiger partial charge in [0.15, 0.2) is 0 Å². The third-order valence-electron chi connectivity index (χ3n) is 2.28. The van der Waals surface area contributed by atoms with Crippen molar-refractivity contribution < 1.29 is 9.53 Å². The van der Waals surface area contributed by atoms with Crippen LogP contribution < -0.4 is 0 Å². The van der Waals surface area contributed by atoms with E-state index in [0.29, 0.717) is 0 Å². The monoisotopic (exact) mass is 235 g/mol. The van der Waals surface area contributed by atoms with Crippen LogP contribution in [0.1, 0.15) is 5.56 Å². The molecule has 0 unspecified atom stereocenters. The number of carbonyl (C=O) groups is 1. The molecule has 4 heteroatoms. The number of hydrogen-bond donors (Lipinski definition) is 1. The molecule has 16 heavy (non-hydrogen) atoms. The summed E-state index contributed by atoms with van der Waals surface area (Å²) in [5.41, 5.74) is 1.87. The summed E-state index contributed by atoms with van der Waals surface area (Å²) in [4.78, 5) is 14.2. The summed E-state index contributed by atoms with van der Waals surface area (Å²) < 4.78 is 4.52. The topological polar surface area (TPSA) is 42.1 Å². The number of aromatic nitrogens is 1. The Balaban J connectivity index is 2.45. The first-order chi connectivity index (χ1) is 7.72. The first kappa shape index (κ1) is 10.8. The third kappa shape index (κ3) is 1.95. The van der Waals surface area contributed by atoms with Crippen molar-refractivity contribution in [3.05, 3.63) is 41.1 Å². The lowest BCUT2D eigenvalue weighted by molar-refractivity contribution is -0.135. The second-order valence-electron chi connectivity index (χ2n) is 3.27. The fourth-order valence-corrected chi connectivity index (χ4v) is 1.70. The second-order valence-corrected chi connectivity index (χ2v) is 3.68. The molecule has 0 aliphatic rings. The number of rotatable bonds is 2. The highest BCUT2D eigenvalue weighted by atomic mass is 35.5. The number of aromatic amines is 1. The summed E-state index contributed by atoms with van der Waals surface area (Å²) >= 11 is 5.80. The van der Waals surface area contributed by atoms with Crippen LogP contribution >= 0.6 is 11.6 Å². The van der Waals surface area contributed by atoms with Gasteiger partial charge in [-0.2, -0.15) is 0 Å². The zero-order chi connectivity index (χ0) is 11.5. The Kier molecular flexibility index (Phi) is 2.97. The van der Waals surface area contributed by atoms with Crippen LogP contribution in [0.3, 0.4) is 0 Å². The molecule has 0 fully saturated rings. The Morgan fingerprint density at radius 1 is 1.44 bits per heavy atom. The molecule has 82 valence electrons. The maximum absolute atomic E-state index is 11.1. The average molecular weight is 236 g/mol. The Hall–Kier alpha value is -1.74. The van der Waals surface area contributed by atoms with Gasteiger partial charge >= 0.3 is 5.97 Å². The Morgan fingerprint density at radius 2 is 2.19 bits per heavy atom. The van der Waals surface area contributed by atoms with Crippen molar-refractivity contribution in [1.29, 1.82) is 0 Å². The van der Waals surface area contributed by atoms with Crippen LogP contribution in [0.4, 0.5) is 0 Å². The van der Waals surface area contributed by atoms with Gasteiger partial charge in [-0.3, -0.25) is 0 Å². The molecular formula is C12H10ClNO2. The number of carbonyl (C=O) groups excluding carboxylic acids is 1. The maximum Gasteiger partial charge on any atom is 0.349 e. The van der Waals surface area contributed by atoms with Crippen LogP contribution in [0.2, 0.25) is 0 Å². The van der Waals surface area contributed by atoms with Gasteiger partial charge in [-0.05, 0) is 12.1 Å². The van der Waals surface area contributed by atoms with Crippen molar-refractivity contribution in [1.82, 2.24) is 4.98 Å². The van der Waals surface area contributed by atoms with E-state index in [1.54, 1.807) is 12.3 Å². The van der Waals surface area contributed by atoms with E-state index in [9.17, 15) is 4.79 Å². The molecule has 0 aliphatic carbocycles. The summed E-state index contributed by atoms with van der Waals surface area (Å²) in [6.45, 7) is 0. The molecule has 2 rings (SSSR count). The Morgan fingerprint density at radius 3 is 2.94 bits per heavy atom. The molecule has 0 bridgehead atoms. The Labute approximate surface area is 97.7 Å². The predicted octanol–water partition coefficient (Wildman–Crippen LogP) is 2.92. The highest BCUT2D eigenvalue weighted by molar-refractivity contribution is 6.43. The number of benzene rings is 1. The molecule has 0 spiro atoms. The fourth-order valence-electron chi connectivity index (χ4n) is 1.51. The van der Waals surface area contributed by atoms with Crippen LogP contribution in [0.5, 0.6) is 0 Å². The van der Waals surface area contributed by atoms with Crippen molar-refractivity contribution in [2.24, 2.45) is 0 Å². The molecule has 0 aliphatic heterocycles. The number of fused-ring (bicyclic) bond motifs is 1. The largest absolute Gasteiger partial charge is 0.465 e. The number of H-pyrrole nitrogens is 1. The zero-order valence-corrected chi connectivity index (χ0v) is 9.41. The van der Waals surface area contributed by atoms with Crippen LogP contribution in [0.15, 0.2) is 35.5 Å². The summed E-state index contributed by atoms with van der Waals surface area (Å²) in [5.74, 6) is -0.535. The van der Waals surface area contributed by atoms with E-state index < -0.39 is 5.97 Å². The molecule has 0 atom stereocenters. The van der Waals surface area contributed by atoms with Crippen molar-refractivity contribution in [2.45, 2.75) is 0 Å². The maximum atomic E-state index is 11.1. The number of methoxy groups -OCH3 is 1. The number of para-hydroxylation sites is 1. The third-order valence-corrected chi connectivity index (χ3v) is 2.55. The SMILES string of the molecule is COC(=O)/C(Cl)=C/c1c[nH]c2ccccc12. The smallest absolute Gasteiger partial charge is 0.349 e. The van der Waals surface area contributed by atoms with Crippen molar-refractivity contribution >= 4 is 34.5 Å². The van der Waals surface area contributed by atoms with Crippen molar-refractivity contribution in [2.75, 3.05) is 7.11 Å². The zero-order valence-electron chi connectivity index (χ0n) is 8.66. The van der Waals surface area contributed by atoms with E-state index in [2.05, 4.69) is 9.72 Å². The van der Waals surface area contributed by atoms with Gasteiger partial charge in [0.25, 0.3) is 0 Å². The predicted molar refractivity (Wildman–Crippen MR) is 64.1 cm³/mol. The van der Waals surface area contributed by atoms with Crippen LogP contribution in [0, 0.1) is 0 Å². The van der Waals surface area contributed by atoms with Gasteiger partial charge in [-0.1, -0.05) is 29.8 Å². The molecule has 1 aromatic carbocycles. The van der Waals surface area contributed by atoms with E-state index in [0.717, 1.165) is 16.5 Å². The summed E-state index contributed by atoms with van der Waals surface area (Å²) in [6, 6.07) is 7.78. The van der Waals surface area contributed by atoms with E-state index in [-0.39, 0.29) is 5.03 Å². The molecular weight excluding hydrogens is 226 g/mol. The molecule has 0 saturated carbocycles. The van der Waals surface area contributed by atoms with Crippen molar-refractivity contribution in [3.63, 3.8) is 0 Å². The minimum Gasteiger partial charge on any atom is -0.465 e. The van der Waals surface area contributed by atoms with Crippen LogP contribution in [-0.4, -0.2) is 18.1 Å². The lowest BCUT2D eigenvalue weighted by Crippen LogP contribution is -1.98. The molecule has 1 aromatic heterocycles. The Bertz CT molecular complexity index is 557. The highest BCUT2D eigenvalue weighted by Gasteiger charge is 2.07. The number of halogens is 1. The van der Waals surface area contributed by atoms with Gasteiger partial charge in [-0.15, -0.1) is 0 Å². The minimum atomic E-state index is -0.535. The second kappa shape index (κ2) is 4.41. The number of hydrogen-bond acceptors (Lipinski definition) is 2. The molecule has 1 heterocycles. The molecule has 0 saturated heterocycles. The van der Waals surface area contributed by atoms with Crippen LogP contribution in [-0.2, 0) is 9.53 Å². The molecule has 1 N–H and O–H groups in total. The highest BCUT2D eigenvalue weighted by Crippen LogP contribution is 2.21. The lowest BCUT2D eigenvalue weighted by atomic mass is 10.1. The van der Waals surface area contributed by atoms with Gasteiger partial charge in [0.05, 0.1) is 7.11 Å². The quantitative estimate of drug-likeness (QED) is 0.642. The summed E-state index contributed by atoms with van der Waals surface area (Å²) in [5, 5.41) is 1.08.